The summed E-state index contributed by atoms with van der Waals surface area (Å²) in [5.74, 6) is 0. The van der Waals surface area contributed by atoms with Gasteiger partial charge in [0, 0.05) is 15.2 Å². The van der Waals surface area contributed by atoms with E-state index in [2.05, 4.69) is 32.0 Å². The molecule has 70 valence electrons. The number of nitrogens with zero attached hydrogens (tertiary/aromatic N) is 1. The third-order valence-corrected chi connectivity index (χ3v) is 3.67. The van der Waals surface area contributed by atoms with Crippen molar-refractivity contribution >= 4 is 17.8 Å². The lowest BCUT2D eigenvalue weighted by Gasteiger charge is -2.28. The fourth-order valence-corrected chi connectivity index (χ4v) is 2.67. The summed E-state index contributed by atoms with van der Waals surface area (Å²) in [6.07, 6.45) is 1.99. The van der Waals surface area contributed by atoms with E-state index in [1.807, 2.05) is 18.2 Å². The van der Waals surface area contributed by atoms with Crippen molar-refractivity contribution in [3.05, 3.63) is 35.4 Å². The molecule has 0 spiro atoms. The number of nitriles is 1. The van der Waals surface area contributed by atoms with Crippen LogP contribution >= 0.6 is 11.8 Å². The van der Waals surface area contributed by atoms with E-state index in [0.717, 1.165) is 11.1 Å². The number of hydrogen-bond acceptors (Lipinski definition) is 2. The summed E-state index contributed by atoms with van der Waals surface area (Å²) in [7, 11) is 0. The lowest BCUT2D eigenvalue weighted by atomic mass is 10.00. The largest absolute Gasteiger partial charge is 0.193 e. The Hall–Kier alpha value is -1.20. The second-order valence-corrected chi connectivity index (χ2v) is 5.48. The Labute approximate surface area is 88.4 Å². The van der Waals surface area contributed by atoms with Crippen molar-refractivity contribution in [2.45, 2.75) is 23.5 Å². The monoisotopic (exact) mass is 201 g/mol. The number of rotatable bonds is 0. The van der Waals surface area contributed by atoms with Crippen LogP contribution in [0.25, 0.3) is 6.08 Å². The smallest absolute Gasteiger partial charge is 0.0962 e. The fourth-order valence-electron chi connectivity index (χ4n) is 1.52. The third-order valence-electron chi connectivity index (χ3n) is 2.35. The van der Waals surface area contributed by atoms with Crippen LogP contribution in [-0.4, -0.2) is 4.75 Å². The second-order valence-electron chi connectivity index (χ2n) is 3.82. The predicted octanol–water partition coefficient (Wildman–Crippen LogP) is 3.48. The maximum Gasteiger partial charge on any atom is 0.0962 e. The average molecular weight is 201 g/mol. The van der Waals surface area contributed by atoms with Crippen LogP contribution in [0.5, 0.6) is 0 Å². The molecule has 2 heteroatoms. The summed E-state index contributed by atoms with van der Waals surface area (Å²) in [5, 5.41) is 9.02. The molecule has 0 N–H and O–H groups in total. The molecule has 0 radical (unpaired) electrons. The molecule has 1 nitrogen and oxygen atoms in total. The van der Waals surface area contributed by atoms with E-state index in [1.54, 1.807) is 11.8 Å². The van der Waals surface area contributed by atoms with E-state index in [9.17, 15) is 0 Å². The molecule has 1 aromatic carbocycles. The van der Waals surface area contributed by atoms with Gasteiger partial charge in [0.2, 0.25) is 0 Å². The Morgan fingerprint density at radius 2 is 2.00 bits per heavy atom. The standard InChI is InChI=1S/C12H11NS/c1-12(2)10(8-13)7-9-5-3-4-6-11(9)14-12/h3-7H,1-2H3. The van der Waals surface area contributed by atoms with Crippen molar-refractivity contribution in [3.63, 3.8) is 0 Å². The molecule has 0 atom stereocenters. The number of fused-ring (bicyclic) bond motifs is 1. The van der Waals surface area contributed by atoms with Gasteiger partial charge in [-0.1, -0.05) is 18.2 Å². The molecule has 0 fully saturated rings. The molecule has 0 amide bonds. The van der Waals surface area contributed by atoms with Gasteiger partial charge in [-0.2, -0.15) is 5.26 Å². The van der Waals surface area contributed by atoms with Gasteiger partial charge in [0.25, 0.3) is 0 Å². The third kappa shape index (κ3) is 1.44. The fraction of sp³-hybridized carbons (Fsp3) is 0.250. The molecule has 0 saturated heterocycles. The molecule has 0 saturated carbocycles. The lowest BCUT2D eigenvalue weighted by molar-refractivity contribution is 0.859. The van der Waals surface area contributed by atoms with Gasteiger partial charge >= 0.3 is 0 Å². The highest BCUT2D eigenvalue weighted by Gasteiger charge is 2.29. The van der Waals surface area contributed by atoms with Crippen molar-refractivity contribution in [2.75, 3.05) is 0 Å². The van der Waals surface area contributed by atoms with E-state index >= 15 is 0 Å². The normalized spacial score (nSPS) is 17.9. The van der Waals surface area contributed by atoms with Gasteiger partial charge in [-0.15, -0.1) is 11.8 Å². The molecule has 0 aliphatic carbocycles. The van der Waals surface area contributed by atoms with E-state index < -0.39 is 0 Å². The van der Waals surface area contributed by atoms with Gasteiger partial charge in [-0.25, -0.2) is 0 Å². The van der Waals surface area contributed by atoms with Crippen LogP contribution < -0.4 is 0 Å². The van der Waals surface area contributed by atoms with E-state index in [0.29, 0.717) is 0 Å². The summed E-state index contributed by atoms with van der Waals surface area (Å²) in [6, 6.07) is 10.5. The summed E-state index contributed by atoms with van der Waals surface area (Å²) in [4.78, 5) is 1.26. The molecule has 1 aromatic rings. The van der Waals surface area contributed by atoms with Gasteiger partial charge in [-0.3, -0.25) is 0 Å². The lowest BCUT2D eigenvalue weighted by Crippen LogP contribution is -2.19. The SMILES string of the molecule is CC1(C)Sc2ccccc2C=C1C#N. The van der Waals surface area contributed by atoms with Crippen molar-refractivity contribution in [3.8, 4) is 6.07 Å². The number of thioether (sulfide) groups is 1. The molecule has 0 unspecified atom stereocenters. The van der Waals surface area contributed by atoms with Crippen LogP contribution in [0.4, 0.5) is 0 Å². The van der Waals surface area contributed by atoms with Gasteiger partial charge < -0.3 is 0 Å². The second kappa shape index (κ2) is 3.18. The zero-order chi connectivity index (χ0) is 10.2. The van der Waals surface area contributed by atoms with Crippen LogP contribution in [0.15, 0.2) is 34.7 Å². The zero-order valence-corrected chi connectivity index (χ0v) is 9.06. The topological polar surface area (TPSA) is 23.8 Å². The van der Waals surface area contributed by atoms with Gasteiger partial charge in [0.15, 0.2) is 0 Å². The van der Waals surface area contributed by atoms with Crippen LogP contribution in [0, 0.1) is 11.3 Å². The predicted molar refractivity (Wildman–Crippen MR) is 60.0 cm³/mol. The van der Waals surface area contributed by atoms with Crippen molar-refractivity contribution in [2.24, 2.45) is 0 Å². The molecule has 0 aromatic heterocycles. The van der Waals surface area contributed by atoms with Crippen molar-refractivity contribution < 1.29 is 0 Å². The minimum Gasteiger partial charge on any atom is -0.193 e. The van der Waals surface area contributed by atoms with E-state index in [4.69, 9.17) is 5.26 Å². The highest BCUT2D eigenvalue weighted by atomic mass is 32.2. The van der Waals surface area contributed by atoms with E-state index in [-0.39, 0.29) is 4.75 Å². The molecular formula is C12H11NS. The van der Waals surface area contributed by atoms with Gasteiger partial charge in [-0.05, 0) is 31.6 Å². The summed E-state index contributed by atoms with van der Waals surface area (Å²) in [5.41, 5.74) is 2.01. The van der Waals surface area contributed by atoms with Crippen molar-refractivity contribution in [1.29, 1.82) is 5.26 Å². The minimum absolute atomic E-state index is 0.0941. The summed E-state index contributed by atoms with van der Waals surface area (Å²) >= 11 is 1.76. The van der Waals surface area contributed by atoms with Crippen LogP contribution in [0.3, 0.4) is 0 Å². The highest BCUT2D eigenvalue weighted by Crippen LogP contribution is 2.44. The number of benzene rings is 1. The molecule has 2 rings (SSSR count). The number of hydrogen-bond donors (Lipinski definition) is 0. The summed E-state index contributed by atoms with van der Waals surface area (Å²) < 4.78 is -0.0941. The molecule has 1 aliphatic rings. The summed E-state index contributed by atoms with van der Waals surface area (Å²) in [6.45, 7) is 4.17. The Balaban J connectivity index is 2.57. The van der Waals surface area contributed by atoms with Crippen molar-refractivity contribution in [1.82, 2.24) is 0 Å². The quantitative estimate of drug-likeness (QED) is 0.641. The zero-order valence-electron chi connectivity index (χ0n) is 8.24. The van der Waals surface area contributed by atoms with E-state index in [1.165, 1.54) is 4.90 Å². The molecule has 1 aliphatic heterocycles. The Kier molecular flexibility index (Phi) is 2.13. The Morgan fingerprint density at radius 3 is 2.71 bits per heavy atom. The first-order valence-electron chi connectivity index (χ1n) is 4.54. The average Bonchev–Trinajstić information content (AvgIpc) is 2.15. The van der Waals surface area contributed by atoms with Gasteiger partial charge in [0.1, 0.15) is 0 Å². The molecule has 14 heavy (non-hydrogen) atoms. The molecular weight excluding hydrogens is 190 g/mol. The Bertz CT molecular complexity index is 438. The maximum absolute atomic E-state index is 9.02. The van der Waals surface area contributed by atoms with Crippen LogP contribution in [0.1, 0.15) is 19.4 Å². The minimum atomic E-state index is -0.0941. The van der Waals surface area contributed by atoms with Crippen LogP contribution in [-0.2, 0) is 0 Å². The van der Waals surface area contributed by atoms with Crippen LogP contribution in [0.2, 0.25) is 0 Å². The van der Waals surface area contributed by atoms with Gasteiger partial charge in [0.05, 0.1) is 6.07 Å². The Morgan fingerprint density at radius 1 is 1.29 bits per heavy atom. The first-order valence-corrected chi connectivity index (χ1v) is 5.35. The first-order chi connectivity index (χ1) is 6.63. The molecule has 0 bridgehead atoms. The highest BCUT2D eigenvalue weighted by molar-refractivity contribution is 8.01. The molecule has 1 heterocycles. The maximum atomic E-state index is 9.02. The first kappa shape index (κ1) is 9.36.